The van der Waals surface area contributed by atoms with E-state index in [9.17, 15) is 27.6 Å². The quantitative estimate of drug-likeness (QED) is 0.399. The zero-order valence-electron chi connectivity index (χ0n) is 20.9. The minimum Gasteiger partial charge on any atom is -0.369 e. The maximum Gasteiger partial charge on any atom is 0.389 e. The lowest BCUT2D eigenvalue weighted by atomic mass is 9.83. The van der Waals surface area contributed by atoms with Gasteiger partial charge >= 0.3 is 6.18 Å². The summed E-state index contributed by atoms with van der Waals surface area (Å²) in [5, 5.41) is 5.23. The van der Waals surface area contributed by atoms with E-state index in [-0.39, 0.29) is 34.4 Å². The summed E-state index contributed by atoms with van der Waals surface area (Å²) in [6.07, 6.45) is -2.94. The zero-order chi connectivity index (χ0) is 28.0. The molecule has 0 radical (unpaired) electrons. The monoisotopic (exact) mass is 550 g/mol. The van der Waals surface area contributed by atoms with Crippen molar-refractivity contribution in [3.05, 3.63) is 70.9 Å². The van der Waals surface area contributed by atoms with Crippen LogP contribution in [0.1, 0.15) is 44.6 Å². The van der Waals surface area contributed by atoms with Gasteiger partial charge in [0, 0.05) is 29.4 Å². The van der Waals surface area contributed by atoms with E-state index < -0.39 is 54.7 Å². The molecule has 0 saturated heterocycles. The summed E-state index contributed by atoms with van der Waals surface area (Å²) in [6, 6.07) is 8.73. The lowest BCUT2D eigenvalue weighted by Gasteiger charge is -2.26. The van der Waals surface area contributed by atoms with E-state index >= 15 is 0 Å². The van der Waals surface area contributed by atoms with Crippen molar-refractivity contribution in [2.24, 2.45) is 28.5 Å². The van der Waals surface area contributed by atoms with Crippen LogP contribution < -0.4 is 16.4 Å². The topological polar surface area (TPSA) is 114 Å². The molecule has 0 spiro atoms. The Labute approximate surface area is 224 Å². The van der Waals surface area contributed by atoms with Crippen LogP contribution in [0, 0.1) is 17.8 Å². The van der Waals surface area contributed by atoms with Crippen LogP contribution in [0.25, 0.3) is 0 Å². The maximum atomic E-state index is 13.4. The molecule has 0 bridgehead atoms. The highest BCUT2D eigenvalue weighted by molar-refractivity contribution is 6.33. The van der Waals surface area contributed by atoms with Crippen molar-refractivity contribution in [1.82, 2.24) is 10.6 Å². The summed E-state index contributed by atoms with van der Waals surface area (Å²) in [5.41, 5.74) is 6.81. The van der Waals surface area contributed by atoms with E-state index in [1.54, 1.807) is 49.4 Å². The molecule has 204 valence electrons. The Balaban J connectivity index is 1.98. The second kappa shape index (κ2) is 12.4. The largest absolute Gasteiger partial charge is 0.389 e. The van der Waals surface area contributed by atoms with Gasteiger partial charge in [-0.25, -0.2) is 4.99 Å². The number of aliphatic imine (C=N–C) groups is 1. The summed E-state index contributed by atoms with van der Waals surface area (Å²) in [7, 11) is 0. The molecule has 1 aromatic rings. The highest BCUT2D eigenvalue weighted by atomic mass is 35.5. The van der Waals surface area contributed by atoms with Crippen LogP contribution in [0.4, 0.5) is 13.2 Å². The number of nitrogens with zero attached hydrogens (tertiary/aromatic N) is 1. The highest BCUT2D eigenvalue weighted by Crippen LogP contribution is 2.39. The van der Waals surface area contributed by atoms with E-state index in [0.29, 0.717) is 5.56 Å². The fourth-order valence-corrected chi connectivity index (χ4v) is 4.58. The van der Waals surface area contributed by atoms with Gasteiger partial charge in [-0.2, -0.15) is 13.2 Å². The van der Waals surface area contributed by atoms with Crippen LogP contribution in [-0.4, -0.2) is 35.8 Å². The van der Waals surface area contributed by atoms with Crippen molar-refractivity contribution in [1.29, 1.82) is 0 Å². The Morgan fingerprint density at radius 1 is 1.26 bits per heavy atom. The van der Waals surface area contributed by atoms with Gasteiger partial charge in [-0.05, 0) is 31.8 Å². The molecule has 1 aromatic carbocycles. The van der Waals surface area contributed by atoms with Gasteiger partial charge in [0.2, 0.25) is 18.0 Å². The second-order valence-corrected chi connectivity index (χ2v) is 9.80. The van der Waals surface area contributed by atoms with E-state index in [0.717, 1.165) is 12.8 Å². The fraction of sp³-hybridized carbons (Fsp3) is 0.407. The van der Waals surface area contributed by atoms with Crippen molar-refractivity contribution in [3.63, 3.8) is 0 Å². The van der Waals surface area contributed by atoms with Gasteiger partial charge in [0.05, 0.1) is 16.4 Å². The molecule has 4 N–H and O–H groups in total. The molecule has 3 unspecified atom stereocenters. The molecule has 1 aliphatic heterocycles. The first-order valence-corrected chi connectivity index (χ1v) is 12.6. The Morgan fingerprint density at radius 3 is 2.47 bits per heavy atom. The van der Waals surface area contributed by atoms with Gasteiger partial charge in [0.15, 0.2) is 0 Å². The standard InChI is InChI=1S/C27H30ClF3N4O3/c1-3-7-20(28)22-15(2)21(17-8-5-4-6-9-17)33-24(26(38)34-22)35-25(37)18(12-13-27(29,30)31)19(23(32)36)14-16-10-11-16/h3-9,16,18-19,24H,2,10-14H2,1H3,(H2,32,36)(H,34,38)(H,35,37). The number of allylic oxidation sites excluding steroid dienone is 4. The molecular formula is C27H30ClF3N4O3. The third kappa shape index (κ3) is 7.80. The Bertz CT molecular complexity index is 1170. The molecule has 1 saturated carbocycles. The number of benzene rings is 1. The third-order valence-electron chi connectivity index (χ3n) is 6.43. The van der Waals surface area contributed by atoms with E-state index in [1.807, 2.05) is 0 Å². The summed E-state index contributed by atoms with van der Waals surface area (Å²) < 4.78 is 39.3. The number of nitrogens with two attached hydrogens (primary N) is 1. The molecule has 2 aliphatic rings. The number of alkyl halides is 3. The van der Waals surface area contributed by atoms with Crippen LogP contribution in [0.2, 0.25) is 0 Å². The molecule has 0 aromatic heterocycles. The lowest BCUT2D eigenvalue weighted by molar-refractivity contribution is -0.147. The number of rotatable bonds is 10. The smallest absolute Gasteiger partial charge is 0.369 e. The van der Waals surface area contributed by atoms with Crippen LogP contribution in [0.15, 0.2) is 70.4 Å². The maximum absolute atomic E-state index is 13.4. The number of halogens is 4. The summed E-state index contributed by atoms with van der Waals surface area (Å²) in [5.74, 6) is -4.89. The van der Waals surface area contributed by atoms with Crippen molar-refractivity contribution in [3.8, 4) is 0 Å². The Kier molecular flexibility index (Phi) is 9.54. The first-order valence-electron chi connectivity index (χ1n) is 12.2. The third-order valence-corrected chi connectivity index (χ3v) is 6.75. The Hall–Kier alpha value is -3.40. The summed E-state index contributed by atoms with van der Waals surface area (Å²) >= 11 is 6.38. The normalized spacial score (nSPS) is 21.3. The SMILES string of the molecule is C=C1C(c2ccccc2)=NC(NC(=O)C(CCC(F)(F)F)C(CC2CC2)C(N)=O)C(=O)NC1=C(Cl)C=CC. The van der Waals surface area contributed by atoms with Gasteiger partial charge in [-0.15, -0.1) is 0 Å². The van der Waals surface area contributed by atoms with Crippen molar-refractivity contribution in [2.75, 3.05) is 0 Å². The van der Waals surface area contributed by atoms with Crippen LogP contribution in [-0.2, 0) is 14.4 Å². The van der Waals surface area contributed by atoms with Crippen molar-refractivity contribution >= 4 is 35.0 Å². The molecule has 38 heavy (non-hydrogen) atoms. The van der Waals surface area contributed by atoms with Crippen molar-refractivity contribution in [2.45, 2.75) is 51.4 Å². The summed E-state index contributed by atoms with van der Waals surface area (Å²) in [6.45, 7) is 5.76. The van der Waals surface area contributed by atoms with E-state index in [2.05, 4.69) is 22.2 Å². The molecule has 1 heterocycles. The van der Waals surface area contributed by atoms with Gasteiger partial charge in [-0.3, -0.25) is 14.4 Å². The molecule has 11 heteroatoms. The molecule has 3 atom stereocenters. The van der Waals surface area contributed by atoms with Crippen molar-refractivity contribution < 1.29 is 27.6 Å². The first-order chi connectivity index (χ1) is 17.9. The minimum absolute atomic E-state index is 0.127. The van der Waals surface area contributed by atoms with Crippen LogP contribution >= 0.6 is 11.6 Å². The predicted octanol–water partition coefficient (Wildman–Crippen LogP) is 4.49. The lowest BCUT2D eigenvalue weighted by Crippen LogP contribution is -2.49. The molecule has 3 amide bonds. The van der Waals surface area contributed by atoms with E-state index in [1.165, 1.54) is 0 Å². The summed E-state index contributed by atoms with van der Waals surface area (Å²) in [4.78, 5) is 43.2. The molecular weight excluding hydrogens is 521 g/mol. The van der Waals surface area contributed by atoms with E-state index in [4.69, 9.17) is 17.3 Å². The first kappa shape index (κ1) is 29.2. The zero-order valence-corrected chi connectivity index (χ0v) is 21.6. The van der Waals surface area contributed by atoms with Crippen LogP contribution in [0.3, 0.4) is 0 Å². The fourth-order valence-electron chi connectivity index (χ4n) is 4.29. The average molecular weight is 551 g/mol. The molecule has 7 nitrogen and oxygen atoms in total. The predicted molar refractivity (Wildman–Crippen MR) is 139 cm³/mol. The number of hydrogen-bond acceptors (Lipinski definition) is 4. The molecule has 1 aliphatic carbocycles. The number of carbonyl (C=O) groups is 3. The highest BCUT2D eigenvalue weighted by Gasteiger charge is 2.41. The van der Waals surface area contributed by atoms with Gasteiger partial charge < -0.3 is 16.4 Å². The van der Waals surface area contributed by atoms with Gasteiger partial charge in [0.25, 0.3) is 5.91 Å². The number of primary amides is 1. The number of nitrogens with one attached hydrogen (secondary N) is 2. The number of carbonyl (C=O) groups excluding carboxylic acids is 3. The number of amides is 3. The van der Waals surface area contributed by atoms with Crippen LogP contribution in [0.5, 0.6) is 0 Å². The molecule has 1 fully saturated rings. The van der Waals surface area contributed by atoms with Gasteiger partial charge in [-0.1, -0.05) is 67.4 Å². The van der Waals surface area contributed by atoms with Gasteiger partial charge in [0.1, 0.15) is 0 Å². The molecule has 3 rings (SSSR count). The number of hydrogen-bond donors (Lipinski definition) is 3. The Morgan fingerprint density at radius 2 is 1.92 bits per heavy atom. The minimum atomic E-state index is -4.54. The average Bonchev–Trinajstić information content (AvgIpc) is 3.68. The second-order valence-electron chi connectivity index (χ2n) is 9.39.